The molecule has 0 aromatic rings. The molecule has 0 bridgehead atoms. The lowest BCUT2D eigenvalue weighted by molar-refractivity contribution is -0.123. The summed E-state index contributed by atoms with van der Waals surface area (Å²) in [4.78, 5) is 11.7. The summed E-state index contributed by atoms with van der Waals surface area (Å²) < 4.78 is 0. The number of amides is 1. The van der Waals surface area contributed by atoms with Crippen molar-refractivity contribution in [3.05, 3.63) is 0 Å². The second-order valence-corrected chi connectivity index (χ2v) is 5.18. The van der Waals surface area contributed by atoms with Crippen molar-refractivity contribution in [1.29, 1.82) is 0 Å². The van der Waals surface area contributed by atoms with E-state index in [1.807, 2.05) is 6.92 Å². The summed E-state index contributed by atoms with van der Waals surface area (Å²) in [5.41, 5.74) is -0.559. The normalized spacial score (nSPS) is 19.5. The van der Waals surface area contributed by atoms with Gasteiger partial charge in [-0.3, -0.25) is 4.79 Å². The van der Waals surface area contributed by atoms with Crippen LogP contribution in [0.15, 0.2) is 0 Å². The van der Waals surface area contributed by atoms with Gasteiger partial charge in [-0.1, -0.05) is 19.8 Å². The molecule has 1 saturated carbocycles. The van der Waals surface area contributed by atoms with Crippen LogP contribution in [0.25, 0.3) is 0 Å². The lowest BCUT2D eigenvalue weighted by atomic mass is 9.80. The SMILES string of the molecule is CCCCCNC(=O)C(C)NCC1(O)CCC1. The molecule has 0 radical (unpaired) electrons. The molecule has 1 amide bonds. The number of carbonyl (C=O) groups is 1. The Hall–Kier alpha value is -0.610. The fourth-order valence-electron chi connectivity index (χ4n) is 1.94. The molecule has 1 rings (SSSR count). The summed E-state index contributed by atoms with van der Waals surface area (Å²) in [7, 11) is 0. The largest absolute Gasteiger partial charge is 0.389 e. The van der Waals surface area contributed by atoms with Crippen LogP contribution in [0.3, 0.4) is 0 Å². The number of hydrogen-bond donors (Lipinski definition) is 3. The van der Waals surface area contributed by atoms with Gasteiger partial charge in [0, 0.05) is 13.1 Å². The minimum Gasteiger partial charge on any atom is -0.389 e. The molecule has 1 unspecified atom stereocenters. The summed E-state index contributed by atoms with van der Waals surface area (Å²) in [6, 6.07) is -0.221. The Labute approximate surface area is 104 Å². The Kier molecular flexibility index (Phi) is 5.92. The molecule has 4 nitrogen and oxygen atoms in total. The Morgan fingerprint density at radius 3 is 2.65 bits per heavy atom. The fraction of sp³-hybridized carbons (Fsp3) is 0.923. The number of carbonyl (C=O) groups excluding carboxylic acids is 1. The molecular weight excluding hydrogens is 216 g/mol. The molecule has 0 saturated heterocycles. The molecule has 0 spiro atoms. The minimum atomic E-state index is -0.559. The van der Waals surface area contributed by atoms with Gasteiger partial charge in [-0.2, -0.15) is 0 Å². The van der Waals surface area contributed by atoms with Gasteiger partial charge in [0.05, 0.1) is 11.6 Å². The van der Waals surface area contributed by atoms with E-state index < -0.39 is 5.60 Å². The number of rotatable bonds is 8. The quantitative estimate of drug-likeness (QED) is 0.560. The second-order valence-electron chi connectivity index (χ2n) is 5.18. The molecule has 1 atom stereocenters. The van der Waals surface area contributed by atoms with E-state index in [9.17, 15) is 9.90 Å². The summed E-state index contributed by atoms with van der Waals surface area (Å²) >= 11 is 0. The van der Waals surface area contributed by atoms with Crippen molar-refractivity contribution in [2.24, 2.45) is 0 Å². The highest BCUT2D eigenvalue weighted by Crippen LogP contribution is 2.30. The van der Waals surface area contributed by atoms with Crippen LogP contribution < -0.4 is 10.6 Å². The van der Waals surface area contributed by atoms with Crippen molar-refractivity contribution in [2.45, 2.75) is 64.0 Å². The molecule has 4 heteroatoms. The topological polar surface area (TPSA) is 61.4 Å². The lowest BCUT2D eigenvalue weighted by Gasteiger charge is -2.37. The molecule has 3 N–H and O–H groups in total. The van der Waals surface area contributed by atoms with Crippen LogP contribution in [0.1, 0.15) is 52.4 Å². The van der Waals surface area contributed by atoms with Crippen molar-refractivity contribution in [3.8, 4) is 0 Å². The van der Waals surface area contributed by atoms with Gasteiger partial charge < -0.3 is 15.7 Å². The zero-order chi connectivity index (χ0) is 12.7. The summed E-state index contributed by atoms with van der Waals surface area (Å²) in [5.74, 6) is 0.0315. The van der Waals surface area contributed by atoms with Crippen molar-refractivity contribution >= 4 is 5.91 Å². The van der Waals surface area contributed by atoms with Crippen LogP contribution in [0, 0.1) is 0 Å². The van der Waals surface area contributed by atoms with Gasteiger partial charge in [0.1, 0.15) is 0 Å². The van der Waals surface area contributed by atoms with Gasteiger partial charge in [0.25, 0.3) is 0 Å². The van der Waals surface area contributed by atoms with Crippen LogP contribution in [-0.4, -0.2) is 35.7 Å². The third-order valence-electron chi connectivity index (χ3n) is 3.49. The average molecular weight is 242 g/mol. The van der Waals surface area contributed by atoms with Gasteiger partial charge in [-0.25, -0.2) is 0 Å². The van der Waals surface area contributed by atoms with E-state index in [1.165, 1.54) is 0 Å². The first-order chi connectivity index (χ1) is 8.07. The third-order valence-corrected chi connectivity index (χ3v) is 3.49. The first kappa shape index (κ1) is 14.5. The Morgan fingerprint density at radius 2 is 2.12 bits per heavy atom. The van der Waals surface area contributed by atoms with E-state index in [-0.39, 0.29) is 11.9 Å². The summed E-state index contributed by atoms with van der Waals surface area (Å²) in [6.07, 6.45) is 6.16. The molecule has 0 heterocycles. The van der Waals surface area contributed by atoms with E-state index in [0.717, 1.165) is 45.1 Å². The maximum atomic E-state index is 11.7. The van der Waals surface area contributed by atoms with Gasteiger partial charge in [-0.15, -0.1) is 0 Å². The standard InChI is InChI=1S/C13H26N2O2/c1-3-4-5-9-14-12(16)11(2)15-10-13(17)7-6-8-13/h11,15,17H,3-10H2,1-2H3,(H,14,16). The van der Waals surface area contributed by atoms with Crippen molar-refractivity contribution in [2.75, 3.05) is 13.1 Å². The van der Waals surface area contributed by atoms with Gasteiger partial charge in [0.15, 0.2) is 0 Å². The Bertz CT molecular complexity index is 240. The molecular formula is C13H26N2O2. The number of nitrogens with one attached hydrogen (secondary N) is 2. The minimum absolute atomic E-state index is 0.0315. The van der Waals surface area contributed by atoms with Gasteiger partial charge in [0.2, 0.25) is 5.91 Å². The molecule has 100 valence electrons. The van der Waals surface area contributed by atoms with Crippen LogP contribution in [0.4, 0.5) is 0 Å². The van der Waals surface area contributed by atoms with Crippen LogP contribution in [0.5, 0.6) is 0 Å². The Morgan fingerprint density at radius 1 is 1.41 bits per heavy atom. The smallest absolute Gasteiger partial charge is 0.236 e. The second kappa shape index (κ2) is 6.97. The monoisotopic (exact) mass is 242 g/mol. The summed E-state index contributed by atoms with van der Waals surface area (Å²) in [5, 5.41) is 15.9. The van der Waals surface area contributed by atoms with E-state index >= 15 is 0 Å². The maximum absolute atomic E-state index is 11.7. The Balaban J connectivity index is 2.09. The number of aliphatic hydroxyl groups is 1. The van der Waals surface area contributed by atoms with E-state index in [2.05, 4.69) is 17.6 Å². The zero-order valence-electron chi connectivity index (χ0n) is 11.1. The molecule has 1 aliphatic carbocycles. The third kappa shape index (κ3) is 5.04. The maximum Gasteiger partial charge on any atom is 0.236 e. The molecule has 1 fully saturated rings. The fourth-order valence-corrected chi connectivity index (χ4v) is 1.94. The molecule has 0 aromatic heterocycles. The van der Waals surface area contributed by atoms with Gasteiger partial charge >= 0.3 is 0 Å². The lowest BCUT2D eigenvalue weighted by Crippen LogP contribution is -2.52. The first-order valence-electron chi connectivity index (χ1n) is 6.81. The predicted octanol–water partition coefficient (Wildman–Crippen LogP) is 1.19. The van der Waals surface area contributed by atoms with Crippen LogP contribution in [-0.2, 0) is 4.79 Å². The predicted molar refractivity (Wildman–Crippen MR) is 68.8 cm³/mol. The van der Waals surface area contributed by atoms with Crippen molar-refractivity contribution in [3.63, 3.8) is 0 Å². The van der Waals surface area contributed by atoms with Crippen LogP contribution >= 0.6 is 0 Å². The highest BCUT2D eigenvalue weighted by Gasteiger charge is 2.34. The molecule has 0 aromatic carbocycles. The van der Waals surface area contributed by atoms with Crippen molar-refractivity contribution < 1.29 is 9.90 Å². The highest BCUT2D eigenvalue weighted by atomic mass is 16.3. The highest BCUT2D eigenvalue weighted by molar-refractivity contribution is 5.81. The zero-order valence-corrected chi connectivity index (χ0v) is 11.1. The van der Waals surface area contributed by atoms with E-state index in [0.29, 0.717) is 6.54 Å². The summed E-state index contributed by atoms with van der Waals surface area (Å²) in [6.45, 7) is 5.27. The van der Waals surface area contributed by atoms with E-state index in [4.69, 9.17) is 0 Å². The first-order valence-corrected chi connectivity index (χ1v) is 6.81. The molecule has 1 aliphatic rings. The van der Waals surface area contributed by atoms with Crippen LogP contribution in [0.2, 0.25) is 0 Å². The average Bonchev–Trinajstić information content (AvgIpc) is 2.28. The number of hydrogen-bond acceptors (Lipinski definition) is 3. The van der Waals surface area contributed by atoms with E-state index in [1.54, 1.807) is 0 Å². The van der Waals surface area contributed by atoms with Crippen molar-refractivity contribution in [1.82, 2.24) is 10.6 Å². The number of unbranched alkanes of at least 4 members (excludes halogenated alkanes) is 2. The van der Waals surface area contributed by atoms with Gasteiger partial charge in [-0.05, 0) is 32.6 Å². The molecule has 0 aliphatic heterocycles. The molecule has 17 heavy (non-hydrogen) atoms.